The van der Waals surface area contributed by atoms with Gasteiger partial charge in [0.15, 0.2) is 0 Å². The van der Waals surface area contributed by atoms with Crippen LogP contribution in [0.15, 0.2) is 36.4 Å². The summed E-state index contributed by atoms with van der Waals surface area (Å²) in [7, 11) is 0. The molecular weight excluding hydrogens is 408 g/mol. The molecule has 0 aliphatic heterocycles. The number of carbonyl (C=O) groups excluding carboxylic acids is 2. The van der Waals surface area contributed by atoms with Gasteiger partial charge in [-0.05, 0) is 87.1 Å². The van der Waals surface area contributed by atoms with Crippen LogP contribution in [0, 0.1) is 62.2 Å². The topological polar surface area (TPSA) is 34.1 Å². The van der Waals surface area contributed by atoms with Crippen LogP contribution in [-0.4, -0.2) is 12.6 Å². The molecule has 0 amide bonds. The zero-order valence-electron chi connectivity index (χ0n) is 16.0. The highest BCUT2D eigenvalue weighted by atomic mass is 32.1. The van der Waals surface area contributed by atoms with Crippen LogP contribution >= 0.6 is 22.7 Å². The van der Waals surface area contributed by atoms with Crippen LogP contribution in [0.5, 0.6) is 0 Å². The molecule has 0 saturated heterocycles. The van der Waals surface area contributed by atoms with Gasteiger partial charge in [-0.3, -0.25) is 0 Å². The smallest absolute Gasteiger partial charge is 0.128 e. The molecule has 30 heavy (non-hydrogen) atoms. The fourth-order valence-electron chi connectivity index (χ4n) is 3.02. The van der Waals surface area contributed by atoms with E-state index in [0.717, 1.165) is 34.2 Å². The van der Waals surface area contributed by atoms with Crippen molar-refractivity contribution >= 4 is 59.5 Å². The van der Waals surface area contributed by atoms with Crippen molar-refractivity contribution in [1.29, 1.82) is 0 Å². The summed E-state index contributed by atoms with van der Waals surface area (Å²) in [6, 6.07) is 8.35. The molecule has 2 nitrogen and oxygen atoms in total. The predicted octanol–water partition coefficient (Wildman–Crippen LogP) is 5.96. The van der Waals surface area contributed by atoms with Crippen LogP contribution in [0.2, 0.25) is 0 Å². The Kier molecular flexibility index (Phi) is 7.29. The minimum absolute atomic E-state index is 0.714. The molecule has 0 N–H and O–H groups in total. The third-order valence-corrected chi connectivity index (χ3v) is 6.62. The van der Waals surface area contributed by atoms with E-state index >= 15 is 0 Å². The second-order valence-corrected chi connectivity index (χ2v) is 8.88. The average Bonchev–Trinajstić information content (AvgIpc) is 3.56. The molecule has 2 aromatic heterocycles. The third-order valence-electron chi connectivity index (χ3n) is 4.59. The normalized spacial score (nSPS) is 19.9. The lowest BCUT2D eigenvalue weighted by atomic mass is 9.97. The summed E-state index contributed by atoms with van der Waals surface area (Å²) in [5.41, 5.74) is 0. The molecular formula is C26H18O2S2. The Balaban J connectivity index is 1.33. The molecule has 0 unspecified atom stereocenters. The van der Waals surface area contributed by atoms with Gasteiger partial charge in [0, 0.05) is 31.3 Å². The molecule has 2 aromatic rings. The molecule has 2 heterocycles. The van der Waals surface area contributed by atoms with Crippen molar-refractivity contribution in [3.8, 4) is 0 Å². The Bertz CT molecular complexity index is 870. The number of allylic oxidation sites excluding steroid dienone is 2. The van der Waals surface area contributed by atoms with Crippen LogP contribution < -0.4 is 0 Å². The lowest BCUT2D eigenvalue weighted by molar-refractivity contribution is -0.106. The van der Waals surface area contributed by atoms with E-state index < -0.39 is 0 Å². The summed E-state index contributed by atoms with van der Waals surface area (Å²) in [4.78, 5) is 26.6. The average molecular weight is 427 g/mol. The highest BCUT2D eigenvalue weighted by Crippen LogP contribution is 2.34. The van der Waals surface area contributed by atoms with Gasteiger partial charge >= 0.3 is 0 Å². The van der Waals surface area contributed by atoms with Gasteiger partial charge in [-0.25, -0.2) is 0 Å². The van der Waals surface area contributed by atoms with Crippen molar-refractivity contribution in [2.45, 2.75) is 0 Å². The highest BCUT2D eigenvalue weighted by molar-refractivity contribution is 7.14. The first-order valence-corrected chi connectivity index (χ1v) is 11.0. The van der Waals surface area contributed by atoms with Gasteiger partial charge in [-0.15, -0.1) is 22.7 Å². The van der Waals surface area contributed by atoms with Gasteiger partial charge in [0.25, 0.3) is 0 Å². The number of hydrogen-bond donors (Lipinski definition) is 0. The van der Waals surface area contributed by atoms with E-state index in [9.17, 15) is 9.59 Å². The van der Waals surface area contributed by atoms with E-state index in [1.165, 1.54) is 9.75 Å². The number of aldehydes is 2. The van der Waals surface area contributed by atoms with Crippen molar-refractivity contribution in [3.63, 3.8) is 0 Å². The fourth-order valence-corrected chi connectivity index (χ4v) is 4.65. The first kappa shape index (κ1) is 21.2. The lowest BCUT2D eigenvalue weighted by Gasteiger charge is -2.05. The maximum atomic E-state index is 11.0. The molecule has 0 spiro atoms. The Labute approximate surface area is 187 Å². The summed E-state index contributed by atoms with van der Waals surface area (Å²) in [5, 5.41) is 0. The zero-order chi connectivity index (χ0) is 20.8. The standard InChI is InChI=1S/C26H18O2S2/c27-17-21-5-1-3-19(21)7-9-23-11-13-25(29-23)15-16-26-14-12-24(30-26)10-8-20-4-2-6-22(20)18-28/h1-18H/b9-7+,10-8+,16-15+. The second-order valence-electron chi connectivity index (χ2n) is 6.59. The molecule has 2 fully saturated rings. The summed E-state index contributed by atoms with van der Waals surface area (Å²) in [6.07, 6.45) is 25.3. The maximum Gasteiger partial charge on any atom is 0.128 e. The lowest BCUT2D eigenvalue weighted by Crippen LogP contribution is -2.01. The Morgan fingerprint density at radius 2 is 0.800 bits per heavy atom. The first-order valence-electron chi connectivity index (χ1n) is 9.41. The van der Waals surface area contributed by atoms with Crippen LogP contribution in [0.1, 0.15) is 19.5 Å². The molecule has 2 aliphatic carbocycles. The zero-order valence-corrected chi connectivity index (χ0v) is 17.7. The number of rotatable bonds is 8. The van der Waals surface area contributed by atoms with E-state index in [0.29, 0.717) is 11.8 Å². The van der Waals surface area contributed by atoms with E-state index in [1.54, 1.807) is 22.7 Å². The van der Waals surface area contributed by atoms with Gasteiger partial charge in [-0.1, -0.05) is 12.2 Å². The predicted molar refractivity (Wildman–Crippen MR) is 127 cm³/mol. The summed E-state index contributed by atoms with van der Waals surface area (Å²) in [6.45, 7) is 0. The summed E-state index contributed by atoms with van der Waals surface area (Å²) >= 11 is 3.40. The molecule has 2 saturated carbocycles. The molecule has 4 rings (SSSR count). The largest absolute Gasteiger partial charge is 0.303 e. The first-order chi connectivity index (χ1) is 14.7. The van der Waals surface area contributed by atoms with Gasteiger partial charge < -0.3 is 9.59 Å². The number of hydrogen-bond acceptors (Lipinski definition) is 4. The molecule has 2 aliphatic rings. The summed E-state index contributed by atoms with van der Waals surface area (Å²) < 4.78 is 0. The molecule has 0 aromatic carbocycles. The molecule has 0 bridgehead atoms. The highest BCUT2D eigenvalue weighted by Gasteiger charge is 2.27. The van der Waals surface area contributed by atoms with Crippen LogP contribution in [0.25, 0.3) is 24.3 Å². The van der Waals surface area contributed by atoms with Gasteiger partial charge in [0.2, 0.25) is 0 Å². The van der Waals surface area contributed by atoms with E-state index in [-0.39, 0.29) is 0 Å². The van der Waals surface area contributed by atoms with Crippen molar-refractivity contribution in [3.05, 3.63) is 118 Å². The Morgan fingerprint density at radius 1 is 0.467 bits per heavy atom. The molecule has 10 radical (unpaired) electrons. The maximum absolute atomic E-state index is 11.0. The van der Waals surface area contributed by atoms with Crippen molar-refractivity contribution in [2.75, 3.05) is 0 Å². The minimum Gasteiger partial charge on any atom is -0.303 e. The van der Waals surface area contributed by atoms with Crippen LogP contribution in [-0.2, 0) is 9.59 Å². The number of carbonyl (C=O) groups is 2. The Morgan fingerprint density at radius 3 is 1.17 bits per heavy atom. The van der Waals surface area contributed by atoms with E-state index in [2.05, 4.69) is 36.4 Å². The van der Waals surface area contributed by atoms with Crippen molar-refractivity contribution in [1.82, 2.24) is 0 Å². The van der Waals surface area contributed by atoms with Crippen LogP contribution in [0.3, 0.4) is 0 Å². The van der Waals surface area contributed by atoms with Gasteiger partial charge in [-0.2, -0.15) is 0 Å². The van der Waals surface area contributed by atoms with E-state index in [1.807, 2.05) is 62.8 Å². The van der Waals surface area contributed by atoms with Crippen molar-refractivity contribution in [2.24, 2.45) is 0 Å². The van der Waals surface area contributed by atoms with Gasteiger partial charge in [0.1, 0.15) is 12.6 Å². The van der Waals surface area contributed by atoms with Gasteiger partial charge in [0.05, 0.1) is 11.8 Å². The monoisotopic (exact) mass is 426 g/mol. The molecule has 146 valence electrons. The third kappa shape index (κ3) is 5.35. The second kappa shape index (κ2) is 10.3. The SMILES string of the molecule is O=C[C]1[CH][CH][CH][C]1/C=C/c1ccc(/C=C/c2ccc(/C=C/[C]3[CH][CH][CH][C]3C=O)s2)s1. The number of thiophene rings is 2. The summed E-state index contributed by atoms with van der Waals surface area (Å²) in [5.74, 6) is 3.31. The van der Waals surface area contributed by atoms with Crippen LogP contribution in [0.4, 0.5) is 0 Å². The molecule has 0 atom stereocenters. The van der Waals surface area contributed by atoms with E-state index in [4.69, 9.17) is 0 Å². The Hall–Kier alpha value is -2.04. The minimum atomic E-state index is 0.714. The van der Waals surface area contributed by atoms with Crippen molar-refractivity contribution < 1.29 is 9.59 Å². The fraction of sp³-hybridized carbons (Fsp3) is 0. The quantitative estimate of drug-likeness (QED) is 0.489. The molecule has 4 heteroatoms.